The van der Waals surface area contributed by atoms with Gasteiger partial charge in [0.2, 0.25) is 0 Å². The number of fused-ring (bicyclic) bond motifs is 1. The highest BCUT2D eigenvalue weighted by atomic mass is 16.5. The lowest BCUT2D eigenvalue weighted by molar-refractivity contribution is 0.0314. The fourth-order valence-electron chi connectivity index (χ4n) is 4.13. The van der Waals surface area contributed by atoms with E-state index in [1.165, 1.54) is 11.3 Å². The molecule has 1 aromatic carbocycles. The van der Waals surface area contributed by atoms with Gasteiger partial charge < -0.3 is 19.9 Å². The Morgan fingerprint density at radius 1 is 1.24 bits per heavy atom. The highest BCUT2D eigenvalue weighted by Crippen LogP contribution is 2.30. The van der Waals surface area contributed by atoms with Crippen LogP contribution < -0.4 is 10.2 Å². The third kappa shape index (κ3) is 3.75. The van der Waals surface area contributed by atoms with Gasteiger partial charge in [-0.15, -0.1) is 0 Å². The smallest absolute Gasteiger partial charge is 0.321 e. The van der Waals surface area contributed by atoms with E-state index in [2.05, 4.69) is 34.3 Å². The molecule has 2 saturated heterocycles. The summed E-state index contributed by atoms with van der Waals surface area (Å²) in [5.74, 6) is 0.579. The number of benzene rings is 1. The first-order valence-corrected chi connectivity index (χ1v) is 9.39. The highest BCUT2D eigenvalue weighted by Gasteiger charge is 2.28. The molecule has 6 nitrogen and oxygen atoms in total. The van der Waals surface area contributed by atoms with Gasteiger partial charge in [0.25, 0.3) is 0 Å². The summed E-state index contributed by atoms with van der Waals surface area (Å²) in [5.41, 5.74) is 3.51. The van der Waals surface area contributed by atoms with Crippen LogP contribution in [-0.2, 0) is 11.2 Å². The van der Waals surface area contributed by atoms with Crippen molar-refractivity contribution in [1.29, 1.82) is 0 Å². The number of likely N-dealkylation sites (tertiary alicyclic amines) is 1. The number of carbonyl (C=O) groups excluding carboxylic acids is 1. The van der Waals surface area contributed by atoms with Gasteiger partial charge in [-0.3, -0.25) is 4.90 Å². The standard InChI is InChI=1S/C19H28N4O2/c1-21-6-5-16-2-3-17(12-18(16)21)20-19(24)23-7-4-15(14-23)13-22-8-10-25-11-9-22/h2-3,12,15H,4-11,13-14H2,1H3,(H,20,24)/t15-/m0/s1. The molecule has 6 heteroatoms. The van der Waals surface area contributed by atoms with E-state index in [-0.39, 0.29) is 6.03 Å². The highest BCUT2D eigenvalue weighted by molar-refractivity contribution is 5.90. The minimum atomic E-state index is 0.0325. The molecule has 0 saturated carbocycles. The van der Waals surface area contributed by atoms with Crippen LogP contribution in [0.4, 0.5) is 16.2 Å². The number of carbonyl (C=O) groups is 1. The van der Waals surface area contributed by atoms with E-state index in [1.54, 1.807) is 0 Å². The van der Waals surface area contributed by atoms with E-state index in [4.69, 9.17) is 4.74 Å². The Bertz CT molecular complexity index is 630. The number of urea groups is 1. The van der Waals surface area contributed by atoms with E-state index in [9.17, 15) is 4.79 Å². The first kappa shape index (κ1) is 16.7. The Hall–Kier alpha value is -1.79. The molecule has 3 heterocycles. The Labute approximate surface area is 149 Å². The van der Waals surface area contributed by atoms with Gasteiger partial charge in [0.15, 0.2) is 0 Å². The molecule has 0 spiro atoms. The minimum absolute atomic E-state index is 0.0325. The summed E-state index contributed by atoms with van der Waals surface area (Å²) in [5, 5.41) is 3.09. The molecule has 0 aliphatic carbocycles. The van der Waals surface area contributed by atoms with E-state index >= 15 is 0 Å². The molecule has 2 amide bonds. The second-order valence-electron chi connectivity index (χ2n) is 7.46. The third-order valence-electron chi connectivity index (χ3n) is 5.66. The summed E-state index contributed by atoms with van der Waals surface area (Å²) < 4.78 is 5.41. The largest absolute Gasteiger partial charge is 0.379 e. The average molecular weight is 344 g/mol. The molecule has 0 radical (unpaired) electrons. The summed E-state index contributed by atoms with van der Waals surface area (Å²) in [6.45, 7) is 7.56. The Morgan fingerprint density at radius 3 is 2.92 bits per heavy atom. The van der Waals surface area contributed by atoms with Crippen molar-refractivity contribution in [3.05, 3.63) is 23.8 Å². The van der Waals surface area contributed by atoms with E-state index in [0.717, 1.165) is 71.0 Å². The lowest BCUT2D eigenvalue weighted by Crippen LogP contribution is -2.40. The normalized spacial score (nSPS) is 23.8. The summed E-state index contributed by atoms with van der Waals surface area (Å²) in [6.07, 6.45) is 2.19. The first-order chi connectivity index (χ1) is 12.2. The molecule has 1 N–H and O–H groups in total. The molecule has 3 aliphatic heterocycles. The van der Waals surface area contributed by atoms with Crippen LogP contribution in [0.1, 0.15) is 12.0 Å². The molecule has 4 rings (SSSR count). The van der Waals surface area contributed by atoms with Crippen molar-refractivity contribution in [1.82, 2.24) is 9.80 Å². The molecule has 0 bridgehead atoms. The molecule has 25 heavy (non-hydrogen) atoms. The van der Waals surface area contributed by atoms with E-state index < -0.39 is 0 Å². The zero-order valence-electron chi connectivity index (χ0n) is 15.0. The van der Waals surface area contributed by atoms with Crippen LogP contribution in [0, 0.1) is 5.92 Å². The van der Waals surface area contributed by atoms with Gasteiger partial charge in [0, 0.05) is 57.7 Å². The van der Waals surface area contributed by atoms with Crippen LogP contribution in [0.2, 0.25) is 0 Å². The third-order valence-corrected chi connectivity index (χ3v) is 5.66. The molecule has 136 valence electrons. The molecular weight excluding hydrogens is 316 g/mol. The summed E-state index contributed by atoms with van der Waals surface area (Å²) in [6, 6.07) is 6.29. The minimum Gasteiger partial charge on any atom is -0.379 e. The van der Waals surface area contributed by atoms with Crippen molar-refractivity contribution < 1.29 is 9.53 Å². The number of morpholine rings is 1. The number of ether oxygens (including phenoxy) is 1. The number of amides is 2. The van der Waals surface area contributed by atoms with Gasteiger partial charge in [-0.25, -0.2) is 4.79 Å². The van der Waals surface area contributed by atoms with Crippen molar-refractivity contribution in [2.45, 2.75) is 12.8 Å². The summed E-state index contributed by atoms with van der Waals surface area (Å²) in [7, 11) is 2.11. The maximum Gasteiger partial charge on any atom is 0.321 e. The average Bonchev–Trinajstić information content (AvgIpc) is 3.23. The fourth-order valence-corrected chi connectivity index (χ4v) is 4.13. The van der Waals surface area contributed by atoms with Crippen LogP contribution in [0.5, 0.6) is 0 Å². The van der Waals surface area contributed by atoms with Crippen LogP contribution in [0.3, 0.4) is 0 Å². The lowest BCUT2D eigenvalue weighted by Gasteiger charge is -2.29. The van der Waals surface area contributed by atoms with Crippen molar-refractivity contribution in [2.24, 2.45) is 5.92 Å². The molecule has 2 fully saturated rings. The first-order valence-electron chi connectivity index (χ1n) is 9.39. The van der Waals surface area contributed by atoms with Crippen molar-refractivity contribution >= 4 is 17.4 Å². The molecule has 0 aromatic heterocycles. The summed E-state index contributed by atoms with van der Waals surface area (Å²) in [4.78, 5) is 19.3. The molecule has 3 aliphatic rings. The zero-order chi connectivity index (χ0) is 17.2. The van der Waals surface area contributed by atoms with Gasteiger partial charge in [0.1, 0.15) is 0 Å². The van der Waals surface area contributed by atoms with Gasteiger partial charge in [-0.05, 0) is 36.5 Å². The molecule has 1 atom stereocenters. The Morgan fingerprint density at radius 2 is 2.08 bits per heavy atom. The van der Waals surface area contributed by atoms with Gasteiger partial charge >= 0.3 is 6.03 Å². The quantitative estimate of drug-likeness (QED) is 0.909. The topological polar surface area (TPSA) is 48.1 Å². The number of hydrogen-bond acceptors (Lipinski definition) is 4. The Kier molecular flexibility index (Phi) is 4.81. The number of anilines is 2. The summed E-state index contributed by atoms with van der Waals surface area (Å²) >= 11 is 0. The molecule has 1 aromatic rings. The van der Waals surface area contributed by atoms with Gasteiger partial charge in [-0.1, -0.05) is 6.07 Å². The number of nitrogens with zero attached hydrogens (tertiary/aromatic N) is 3. The van der Waals surface area contributed by atoms with Crippen LogP contribution >= 0.6 is 0 Å². The van der Waals surface area contributed by atoms with Crippen molar-refractivity contribution in [3.8, 4) is 0 Å². The predicted octanol–water partition coefficient (Wildman–Crippen LogP) is 1.86. The lowest BCUT2D eigenvalue weighted by atomic mass is 10.1. The maximum absolute atomic E-state index is 12.6. The second kappa shape index (κ2) is 7.22. The second-order valence-corrected chi connectivity index (χ2v) is 7.46. The van der Waals surface area contributed by atoms with Gasteiger partial charge in [-0.2, -0.15) is 0 Å². The number of nitrogens with one attached hydrogen (secondary N) is 1. The fraction of sp³-hybridized carbons (Fsp3) is 0.632. The number of likely N-dealkylation sites (N-methyl/N-ethyl adjacent to an activating group) is 1. The van der Waals surface area contributed by atoms with E-state index in [1.807, 2.05) is 11.0 Å². The predicted molar refractivity (Wildman–Crippen MR) is 99.4 cm³/mol. The maximum atomic E-state index is 12.6. The zero-order valence-corrected chi connectivity index (χ0v) is 15.0. The Balaban J connectivity index is 1.31. The van der Waals surface area contributed by atoms with Crippen molar-refractivity contribution in [3.63, 3.8) is 0 Å². The molecule has 0 unspecified atom stereocenters. The SMILES string of the molecule is CN1CCc2ccc(NC(=O)N3CC[C@@H](CN4CCOCC4)C3)cc21. The van der Waals surface area contributed by atoms with E-state index in [0.29, 0.717) is 5.92 Å². The van der Waals surface area contributed by atoms with Crippen LogP contribution in [-0.4, -0.2) is 75.4 Å². The van der Waals surface area contributed by atoms with Crippen LogP contribution in [0.15, 0.2) is 18.2 Å². The monoisotopic (exact) mass is 344 g/mol. The number of rotatable bonds is 3. The van der Waals surface area contributed by atoms with Crippen molar-refractivity contribution in [2.75, 3.05) is 69.7 Å². The van der Waals surface area contributed by atoms with Crippen LogP contribution in [0.25, 0.3) is 0 Å². The van der Waals surface area contributed by atoms with Gasteiger partial charge in [0.05, 0.1) is 13.2 Å². The number of hydrogen-bond donors (Lipinski definition) is 1. The molecular formula is C19H28N4O2.